The highest BCUT2D eigenvalue weighted by molar-refractivity contribution is 7.89. The summed E-state index contributed by atoms with van der Waals surface area (Å²) in [4.78, 5) is 4.03. The average Bonchev–Trinajstić information content (AvgIpc) is 2.90. The molecule has 2 aliphatic rings. The van der Waals surface area contributed by atoms with Gasteiger partial charge in [0.15, 0.2) is 0 Å². The molecule has 2 fully saturated rings. The number of sulfonamides is 1. The second-order valence-corrected chi connectivity index (χ2v) is 8.22. The molecule has 0 radical (unpaired) electrons. The number of ether oxygens (including phenoxy) is 2. The Hall–Kier alpha value is -1.18. The smallest absolute Gasteiger partial charge is 0.213 e. The molecule has 0 amide bonds. The summed E-state index contributed by atoms with van der Waals surface area (Å²) in [5, 5.41) is 0. The van der Waals surface area contributed by atoms with Gasteiger partial charge in [-0.3, -0.25) is 4.98 Å². The van der Waals surface area contributed by atoms with Crippen molar-refractivity contribution in [3.63, 3.8) is 0 Å². The lowest BCUT2D eigenvalue weighted by Gasteiger charge is -2.38. The van der Waals surface area contributed by atoms with Crippen LogP contribution in [0.2, 0.25) is 0 Å². The fraction of sp³-hybridized carbons (Fsp3) is 0.667. The molecule has 2 atom stereocenters. The third kappa shape index (κ3) is 3.26. The summed E-state index contributed by atoms with van der Waals surface area (Å²) in [6.45, 7) is 3.21. The van der Waals surface area contributed by atoms with Crippen molar-refractivity contribution in [2.24, 2.45) is 0 Å². The van der Waals surface area contributed by atoms with Crippen molar-refractivity contribution in [3.8, 4) is 5.75 Å². The summed E-state index contributed by atoms with van der Waals surface area (Å²) in [5.41, 5.74) is -0.395. The Labute approximate surface area is 131 Å². The van der Waals surface area contributed by atoms with Crippen molar-refractivity contribution in [3.05, 3.63) is 24.5 Å². The number of pyridine rings is 1. The number of piperidine rings is 1. The predicted molar refractivity (Wildman–Crippen MR) is 82.2 cm³/mol. The van der Waals surface area contributed by atoms with Crippen LogP contribution in [0, 0.1) is 0 Å². The Morgan fingerprint density at radius 1 is 1.55 bits per heavy atom. The summed E-state index contributed by atoms with van der Waals surface area (Å²) in [6, 6.07) is 3.70. The number of nitrogens with zero attached hydrogens (tertiary/aromatic N) is 2. The maximum atomic E-state index is 12.1. The predicted octanol–water partition coefficient (Wildman–Crippen LogP) is 1.43. The Morgan fingerprint density at radius 2 is 2.41 bits per heavy atom. The van der Waals surface area contributed by atoms with E-state index in [0.29, 0.717) is 19.7 Å². The first-order valence-corrected chi connectivity index (χ1v) is 9.32. The van der Waals surface area contributed by atoms with Crippen molar-refractivity contribution in [1.29, 1.82) is 0 Å². The van der Waals surface area contributed by atoms with Crippen LogP contribution in [0.3, 0.4) is 0 Å². The molecule has 1 aromatic rings. The zero-order valence-electron chi connectivity index (χ0n) is 12.8. The van der Waals surface area contributed by atoms with Crippen LogP contribution >= 0.6 is 0 Å². The van der Waals surface area contributed by atoms with Gasteiger partial charge in [-0.1, -0.05) is 0 Å². The zero-order chi connectivity index (χ0) is 15.6. The van der Waals surface area contributed by atoms with Gasteiger partial charge in [-0.25, -0.2) is 8.42 Å². The molecule has 1 spiro atoms. The molecule has 0 aliphatic carbocycles. The lowest BCUT2D eigenvalue weighted by atomic mass is 9.90. The average molecular weight is 326 g/mol. The lowest BCUT2D eigenvalue weighted by molar-refractivity contribution is -0.0338. The van der Waals surface area contributed by atoms with Gasteiger partial charge >= 0.3 is 0 Å². The van der Waals surface area contributed by atoms with E-state index in [9.17, 15) is 8.42 Å². The molecule has 22 heavy (non-hydrogen) atoms. The van der Waals surface area contributed by atoms with Gasteiger partial charge in [0, 0.05) is 25.7 Å². The summed E-state index contributed by atoms with van der Waals surface area (Å²) in [5.74, 6) is 0.862. The molecule has 122 valence electrons. The van der Waals surface area contributed by atoms with Crippen molar-refractivity contribution in [2.75, 3.05) is 25.4 Å². The van der Waals surface area contributed by atoms with Gasteiger partial charge in [-0.15, -0.1) is 0 Å². The number of aromatic nitrogens is 1. The Kier molecular flexibility index (Phi) is 4.38. The van der Waals surface area contributed by atoms with E-state index in [4.69, 9.17) is 9.47 Å². The molecular formula is C15H22N2O4S. The second kappa shape index (κ2) is 6.14. The van der Waals surface area contributed by atoms with Gasteiger partial charge in [-0.05, 0) is 31.9 Å². The molecule has 1 aromatic heterocycles. The molecule has 2 saturated heterocycles. The molecule has 7 heteroatoms. The minimum absolute atomic E-state index is 0.0477. The normalized spacial score (nSPS) is 29.8. The second-order valence-electron chi connectivity index (χ2n) is 5.96. The van der Waals surface area contributed by atoms with Gasteiger partial charge < -0.3 is 9.47 Å². The number of hydrogen-bond acceptors (Lipinski definition) is 5. The van der Waals surface area contributed by atoms with Gasteiger partial charge in [0.05, 0.1) is 24.2 Å². The van der Waals surface area contributed by atoms with Gasteiger partial charge in [-0.2, -0.15) is 4.31 Å². The van der Waals surface area contributed by atoms with E-state index in [-0.39, 0.29) is 11.9 Å². The topological polar surface area (TPSA) is 68.7 Å². The molecule has 0 N–H and O–H groups in total. The van der Waals surface area contributed by atoms with E-state index in [1.165, 1.54) is 0 Å². The van der Waals surface area contributed by atoms with Crippen molar-refractivity contribution in [2.45, 2.75) is 37.9 Å². The van der Waals surface area contributed by atoms with Gasteiger partial charge in [0.2, 0.25) is 10.0 Å². The van der Waals surface area contributed by atoms with E-state index in [0.717, 1.165) is 25.0 Å². The standard InChI is InChI=1S/C15H22N2O4S/c1-2-22(18,19)17-8-4-6-15(12-17)9-14(11-20-15)21-13-5-3-7-16-10-13/h3,5,7,10,14H,2,4,6,8-9,11-12H2,1H3. The monoisotopic (exact) mass is 326 g/mol. The van der Waals surface area contributed by atoms with E-state index in [1.807, 2.05) is 12.1 Å². The molecule has 0 aromatic carbocycles. The first kappa shape index (κ1) is 15.7. The number of rotatable bonds is 4. The highest BCUT2D eigenvalue weighted by Gasteiger charge is 2.46. The zero-order valence-corrected chi connectivity index (χ0v) is 13.6. The van der Waals surface area contributed by atoms with Crippen LogP contribution in [-0.4, -0.2) is 54.9 Å². The minimum atomic E-state index is -3.16. The quantitative estimate of drug-likeness (QED) is 0.837. The van der Waals surface area contributed by atoms with Crippen LogP contribution in [0.4, 0.5) is 0 Å². The Bertz CT molecular complexity index is 607. The summed E-state index contributed by atoms with van der Waals surface area (Å²) in [6.07, 6.45) is 5.77. The molecular weight excluding hydrogens is 304 g/mol. The molecule has 6 nitrogen and oxygen atoms in total. The fourth-order valence-corrected chi connectivity index (χ4v) is 4.45. The highest BCUT2D eigenvalue weighted by atomic mass is 32.2. The van der Waals surface area contributed by atoms with Crippen molar-refractivity contribution < 1.29 is 17.9 Å². The van der Waals surface area contributed by atoms with Crippen LogP contribution in [0.5, 0.6) is 5.75 Å². The maximum absolute atomic E-state index is 12.1. The Morgan fingerprint density at radius 3 is 3.14 bits per heavy atom. The van der Waals surface area contributed by atoms with E-state index >= 15 is 0 Å². The first-order chi connectivity index (χ1) is 10.5. The molecule has 3 rings (SSSR count). The van der Waals surface area contributed by atoms with Crippen LogP contribution in [0.25, 0.3) is 0 Å². The van der Waals surface area contributed by atoms with Crippen LogP contribution in [-0.2, 0) is 14.8 Å². The summed E-state index contributed by atoms with van der Waals surface area (Å²) >= 11 is 0. The van der Waals surface area contributed by atoms with Crippen molar-refractivity contribution in [1.82, 2.24) is 9.29 Å². The Balaban J connectivity index is 1.65. The van der Waals surface area contributed by atoms with Crippen LogP contribution < -0.4 is 4.74 Å². The van der Waals surface area contributed by atoms with Crippen LogP contribution in [0.15, 0.2) is 24.5 Å². The fourth-order valence-electron chi connectivity index (χ4n) is 3.25. The third-order valence-corrected chi connectivity index (χ3v) is 6.20. The largest absolute Gasteiger partial charge is 0.486 e. The summed E-state index contributed by atoms with van der Waals surface area (Å²) < 4.78 is 37.6. The van der Waals surface area contributed by atoms with Crippen LogP contribution in [0.1, 0.15) is 26.2 Å². The maximum Gasteiger partial charge on any atom is 0.213 e. The van der Waals surface area contributed by atoms with Gasteiger partial charge in [0.25, 0.3) is 0 Å². The molecule has 2 aliphatic heterocycles. The minimum Gasteiger partial charge on any atom is -0.486 e. The molecule has 2 unspecified atom stereocenters. The number of hydrogen-bond donors (Lipinski definition) is 0. The highest BCUT2D eigenvalue weighted by Crippen LogP contribution is 2.36. The van der Waals surface area contributed by atoms with E-state index in [1.54, 1.807) is 23.6 Å². The summed E-state index contributed by atoms with van der Waals surface area (Å²) in [7, 11) is -3.16. The van der Waals surface area contributed by atoms with E-state index in [2.05, 4.69) is 4.98 Å². The van der Waals surface area contributed by atoms with Crippen molar-refractivity contribution >= 4 is 10.0 Å². The molecule has 3 heterocycles. The van der Waals surface area contributed by atoms with E-state index < -0.39 is 15.6 Å². The molecule has 0 saturated carbocycles. The SMILES string of the molecule is CCS(=O)(=O)N1CCCC2(CC(Oc3cccnc3)CO2)C1. The molecule has 0 bridgehead atoms. The lowest BCUT2D eigenvalue weighted by Crippen LogP contribution is -2.50. The third-order valence-electron chi connectivity index (χ3n) is 4.37. The first-order valence-electron chi connectivity index (χ1n) is 7.71. The van der Waals surface area contributed by atoms with Gasteiger partial charge in [0.1, 0.15) is 11.9 Å².